The topological polar surface area (TPSA) is 110 Å². The van der Waals surface area contributed by atoms with Gasteiger partial charge in [-0.15, -0.1) is 0 Å². The average Bonchev–Trinajstić information content (AvgIpc) is 2.31. The Bertz CT molecular complexity index is 459. The first kappa shape index (κ1) is 13.8. The van der Waals surface area contributed by atoms with Crippen LogP contribution in [0.25, 0.3) is 0 Å². The lowest BCUT2D eigenvalue weighted by molar-refractivity contribution is -0.121. The summed E-state index contributed by atoms with van der Waals surface area (Å²) in [6.07, 6.45) is 0. The highest BCUT2D eigenvalue weighted by Gasteiger charge is 2.15. The van der Waals surface area contributed by atoms with E-state index in [9.17, 15) is 9.59 Å². The van der Waals surface area contributed by atoms with Crippen molar-refractivity contribution in [3.8, 4) is 0 Å². The van der Waals surface area contributed by atoms with Crippen molar-refractivity contribution in [2.75, 3.05) is 17.6 Å². The van der Waals surface area contributed by atoms with Crippen LogP contribution in [0.4, 0.5) is 11.4 Å². The highest BCUT2D eigenvalue weighted by atomic mass is 16.2. The molecule has 6 nitrogen and oxygen atoms in total. The highest BCUT2D eigenvalue weighted by molar-refractivity contribution is 6.01. The maximum absolute atomic E-state index is 11.6. The Kier molecular flexibility index (Phi) is 4.53. The second-order valence-corrected chi connectivity index (χ2v) is 3.89. The van der Waals surface area contributed by atoms with Crippen molar-refractivity contribution in [2.45, 2.75) is 19.9 Å². The molecule has 1 rings (SSSR count). The van der Waals surface area contributed by atoms with Crippen molar-refractivity contribution in [3.05, 3.63) is 23.8 Å². The summed E-state index contributed by atoms with van der Waals surface area (Å²) >= 11 is 0. The predicted octanol–water partition coefficient (Wildman–Crippen LogP) is 0.304. The van der Waals surface area contributed by atoms with Gasteiger partial charge in [-0.25, -0.2) is 0 Å². The zero-order valence-electron chi connectivity index (χ0n) is 10.5. The van der Waals surface area contributed by atoms with E-state index in [2.05, 4.69) is 10.6 Å². The number of hydrogen-bond acceptors (Lipinski definition) is 4. The number of amides is 2. The molecule has 0 saturated carbocycles. The van der Waals surface area contributed by atoms with Crippen LogP contribution >= 0.6 is 0 Å². The van der Waals surface area contributed by atoms with Crippen LogP contribution < -0.4 is 22.1 Å². The Morgan fingerprint density at radius 3 is 2.61 bits per heavy atom. The zero-order chi connectivity index (χ0) is 13.7. The highest BCUT2D eigenvalue weighted by Crippen LogP contribution is 2.22. The molecule has 1 aromatic carbocycles. The summed E-state index contributed by atoms with van der Waals surface area (Å²) in [4.78, 5) is 22.7. The molecule has 0 bridgehead atoms. The smallest absolute Gasteiger partial charge is 0.250 e. The first-order chi connectivity index (χ1) is 8.47. The molecule has 0 aliphatic heterocycles. The number of anilines is 2. The number of nitrogens with two attached hydrogens (primary N) is 2. The first-order valence-electron chi connectivity index (χ1n) is 5.69. The molecule has 1 atom stereocenters. The minimum absolute atomic E-state index is 0.138. The van der Waals surface area contributed by atoms with Crippen molar-refractivity contribution in [1.82, 2.24) is 5.32 Å². The van der Waals surface area contributed by atoms with Crippen molar-refractivity contribution in [2.24, 2.45) is 5.73 Å². The van der Waals surface area contributed by atoms with E-state index in [4.69, 9.17) is 11.5 Å². The number of carbonyl (C=O) groups excluding carboxylic acids is 2. The van der Waals surface area contributed by atoms with E-state index in [1.54, 1.807) is 25.1 Å². The molecule has 0 aromatic heterocycles. The van der Waals surface area contributed by atoms with Crippen molar-refractivity contribution < 1.29 is 9.59 Å². The van der Waals surface area contributed by atoms with E-state index in [1.165, 1.54) is 0 Å². The summed E-state index contributed by atoms with van der Waals surface area (Å²) < 4.78 is 0. The van der Waals surface area contributed by atoms with Gasteiger partial charge in [0.25, 0.3) is 5.91 Å². The standard InChI is InChI=1S/C12H18N4O2/c1-3-15-12(18)7(2)16-9-6-4-5-8(10(9)13)11(14)17/h4-7,16H,3,13H2,1-2H3,(H2,14,17)(H,15,18). The molecular formula is C12H18N4O2. The first-order valence-corrected chi connectivity index (χ1v) is 5.69. The molecule has 0 aliphatic rings. The molecule has 0 radical (unpaired) electrons. The van der Waals surface area contributed by atoms with E-state index in [1.807, 2.05) is 6.92 Å². The zero-order valence-corrected chi connectivity index (χ0v) is 10.5. The third kappa shape index (κ3) is 3.13. The van der Waals surface area contributed by atoms with Gasteiger partial charge in [0.1, 0.15) is 6.04 Å². The predicted molar refractivity (Wildman–Crippen MR) is 71.1 cm³/mol. The van der Waals surface area contributed by atoms with E-state index < -0.39 is 11.9 Å². The number of carbonyl (C=O) groups is 2. The number of benzene rings is 1. The summed E-state index contributed by atoms with van der Waals surface area (Å²) in [5, 5.41) is 5.63. The molecule has 0 heterocycles. The maximum atomic E-state index is 11.6. The Morgan fingerprint density at radius 2 is 2.06 bits per heavy atom. The van der Waals surface area contributed by atoms with Crippen LogP contribution in [-0.2, 0) is 4.79 Å². The SMILES string of the molecule is CCNC(=O)C(C)Nc1cccc(C(N)=O)c1N. The molecule has 6 N–H and O–H groups in total. The van der Waals surface area contributed by atoms with Crippen LogP contribution in [0, 0.1) is 0 Å². The Hall–Kier alpha value is -2.24. The lowest BCUT2D eigenvalue weighted by atomic mass is 10.1. The van der Waals surface area contributed by atoms with E-state index >= 15 is 0 Å². The van der Waals surface area contributed by atoms with Crippen molar-refractivity contribution in [3.63, 3.8) is 0 Å². The van der Waals surface area contributed by atoms with E-state index in [-0.39, 0.29) is 17.2 Å². The fourth-order valence-electron chi connectivity index (χ4n) is 1.53. The molecule has 0 fully saturated rings. The number of primary amides is 1. The number of likely N-dealkylation sites (N-methyl/N-ethyl adjacent to an activating group) is 1. The molecule has 98 valence electrons. The van der Waals surface area contributed by atoms with E-state index in [0.29, 0.717) is 12.2 Å². The van der Waals surface area contributed by atoms with Gasteiger partial charge in [0.15, 0.2) is 0 Å². The van der Waals surface area contributed by atoms with Gasteiger partial charge in [-0.2, -0.15) is 0 Å². The van der Waals surface area contributed by atoms with Crippen LogP contribution in [0.3, 0.4) is 0 Å². The minimum atomic E-state index is -0.596. The number of hydrogen-bond donors (Lipinski definition) is 4. The molecule has 1 unspecified atom stereocenters. The van der Waals surface area contributed by atoms with Gasteiger partial charge in [-0.05, 0) is 26.0 Å². The average molecular weight is 250 g/mol. The van der Waals surface area contributed by atoms with Crippen LogP contribution in [0.2, 0.25) is 0 Å². The van der Waals surface area contributed by atoms with Gasteiger partial charge in [0, 0.05) is 6.54 Å². The minimum Gasteiger partial charge on any atom is -0.396 e. The van der Waals surface area contributed by atoms with E-state index in [0.717, 1.165) is 0 Å². The lowest BCUT2D eigenvalue weighted by Gasteiger charge is -2.17. The Labute approximate surface area is 106 Å². The Morgan fingerprint density at radius 1 is 1.39 bits per heavy atom. The second kappa shape index (κ2) is 5.90. The maximum Gasteiger partial charge on any atom is 0.250 e. The molecule has 0 aliphatic carbocycles. The summed E-state index contributed by atoms with van der Waals surface area (Å²) in [5.74, 6) is -0.733. The van der Waals surface area contributed by atoms with Crippen molar-refractivity contribution in [1.29, 1.82) is 0 Å². The van der Waals surface area contributed by atoms with Gasteiger partial charge in [0.05, 0.1) is 16.9 Å². The van der Waals surface area contributed by atoms with Gasteiger partial charge in [-0.3, -0.25) is 9.59 Å². The largest absolute Gasteiger partial charge is 0.396 e. The fourth-order valence-corrected chi connectivity index (χ4v) is 1.53. The number of nitrogens with one attached hydrogen (secondary N) is 2. The second-order valence-electron chi connectivity index (χ2n) is 3.89. The monoisotopic (exact) mass is 250 g/mol. The van der Waals surface area contributed by atoms with Crippen molar-refractivity contribution >= 4 is 23.2 Å². The number of para-hydroxylation sites is 1. The third-order valence-electron chi connectivity index (χ3n) is 2.49. The fraction of sp³-hybridized carbons (Fsp3) is 0.333. The molecular weight excluding hydrogens is 232 g/mol. The molecule has 2 amide bonds. The molecule has 0 saturated heterocycles. The summed E-state index contributed by atoms with van der Waals surface area (Å²) in [6, 6.07) is 4.44. The van der Waals surface area contributed by atoms with Gasteiger partial charge in [0.2, 0.25) is 5.91 Å². The quantitative estimate of drug-likeness (QED) is 0.563. The van der Waals surface area contributed by atoms with Gasteiger partial charge in [-0.1, -0.05) is 6.07 Å². The van der Waals surface area contributed by atoms with Crippen LogP contribution in [-0.4, -0.2) is 24.4 Å². The number of rotatable bonds is 5. The summed E-state index contributed by atoms with van der Waals surface area (Å²) in [7, 11) is 0. The molecule has 6 heteroatoms. The Balaban J connectivity index is 2.88. The normalized spacial score (nSPS) is 11.7. The van der Waals surface area contributed by atoms with Gasteiger partial charge >= 0.3 is 0 Å². The summed E-state index contributed by atoms with van der Waals surface area (Å²) in [6.45, 7) is 4.11. The van der Waals surface area contributed by atoms with Gasteiger partial charge < -0.3 is 22.1 Å². The number of nitrogen functional groups attached to an aromatic ring is 1. The molecule has 0 spiro atoms. The lowest BCUT2D eigenvalue weighted by Crippen LogP contribution is -2.37. The van der Waals surface area contributed by atoms with Crippen LogP contribution in [0.15, 0.2) is 18.2 Å². The summed E-state index contributed by atoms with van der Waals surface area (Å²) in [5.41, 5.74) is 12.0. The third-order valence-corrected chi connectivity index (χ3v) is 2.49. The molecule has 1 aromatic rings. The molecule has 18 heavy (non-hydrogen) atoms. The van der Waals surface area contributed by atoms with Crippen LogP contribution in [0.1, 0.15) is 24.2 Å². The van der Waals surface area contributed by atoms with Crippen LogP contribution in [0.5, 0.6) is 0 Å².